The second-order valence-electron chi connectivity index (χ2n) is 6.74. The molecule has 2 heteroatoms. The van der Waals surface area contributed by atoms with Crippen LogP contribution in [0.4, 0.5) is 0 Å². The Hall–Kier alpha value is -0.860. The maximum absolute atomic E-state index is 6.25. The van der Waals surface area contributed by atoms with E-state index in [9.17, 15) is 0 Å². The van der Waals surface area contributed by atoms with Crippen molar-refractivity contribution in [1.29, 1.82) is 0 Å². The number of nitrogens with two attached hydrogens (primary N) is 1. The Kier molecular flexibility index (Phi) is 5.22. The van der Waals surface area contributed by atoms with Gasteiger partial charge in [0.1, 0.15) is 0 Å². The summed E-state index contributed by atoms with van der Waals surface area (Å²) in [6, 6.07) is 8.59. The predicted molar refractivity (Wildman–Crippen MR) is 84.5 cm³/mol. The molecule has 2 N–H and O–H groups in total. The summed E-state index contributed by atoms with van der Waals surface area (Å²) in [7, 11) is 0. The van der Waals surface area contributed by atoms with Crippen LogP contribution in [0.1, 0.15) is 50.7 Å². The highest BCUT2D eigenvalue weighted by molar-refractivity contribution is 5.20. The zero-order valence-electron chi connectivity index (χ0n) is 13.2. The lowest BCUT2D eigenvalue weighted by Gasteiger charge is -2.40. The van der Waals surface area contributed by atoms with Crippen LogP contribution in [-0.4, -0.2) is 12.1 Å². The Bertz CT molecular complexity index is 402. The summed E-state index contributed by atoms with van der Waals surface area (Å²) in [4.78, 5) is 0. The summed E-state index contributed by atoms with van der Waals surface area (Å²) < 4.78 is 6.25. The molecule has 20 heavy (non-hydrogen) atoms. The fourth-order valence-corrected chi connectivity index (χ4v) is 3.16. The van der Waals surface area contributed by atoms with E-state index in [0.717, 1.165) is 24.7 Å². The normalized spacial score (nSPS) is 26.9. The van der Waals surface area contributed by atoms with Crippen molar-refractivity contribution in [1.82, 2.24) is 0 Å². The molecule has 0 bridgehead atoms. The average Bonchev–Trinajstić information content (AvgIpc) is 2.47. The summed E-state index contributed by atoms with van der Waals surface area (Å²) in [6.07, 6.45) is 4.72. The highest BCUT2D eigenvalue weighted by Gasteiger charge is 2.35. The van der Waals surface area contributed by atoms with Crippen LogP contribution in [0.3, 0.4) is 0 Å². The first kappa shape index (κ1) is 15.5. The summed E-state index contributed by atoms with van der Waals surface area (Å²) in [5, 5.41) is 0. The lowest BCUT2D eigenvalue weighted by atomic mass is 9.74. The third kappa shape index (κ3) is 3.83. The summed E-state index contributed by atoms with van der Waals surface area (Å²) >= 11 is 0. The molecule has 1 saturated carbocycles. The summed E-state index contributed by atoms with van der Waals surface area (Å²) in [6.45, 7) is 8.09. The molecule has 1 aliphatic rings. The zero-order valence-corrected chi connectivity index (χ0v) is 13.2. The average molecular weight is 275 g/mol. The van der Waals surface area contributed by atoms with E-state index >= 15 is 0 Å². The van der Waals surface area contributed by atoms with E-state index in [1.54, 1.807) is 0 Å². The minimum atomic E-state index is -0.0870. The first-order chi connectivity index (χ1) is 9.54. The third-order valence-electron chi connectivity index (χ3n) is 4.92. The van der Waals surface area contributed by atoms with E-state index < -0.39 is 0 Å². The number of aryl methyl sites for hydroxylation is 1. The number of hydrogen-bond acceptors (Lipinski definition) is 2. The van der Waals surface area contributed by atoms with Crippen molar-refractivity contribution >= 4 is 0 Å². The Labute approximate surface area is 123 Å². The molecular weight excluding hydrogens is 246 g/mol. The van der Waals surface area contributed by atoms with Gasteiger partial charge >= 0.3 is 0 Å². The van der Waals surface area contributed by atoms with Crippen molar-refractivity contribution in [3.05, 3.63) is 35.4 Å². The Balaban J connectivity index is 1.91. The van der Waals surface area contributed by atoms with Gasteiger partial charge in [0.15, 0.2) is 0 Å². The molecule has 1 fully saturated rings. The molecule has 0 unspecified atom stereocenters. The van der Waals surface area contributed by atoms with Gasteiger partial charge in [0.25, 0.3) is 0 Å². The minimum absolute atomic E-state index is 0.0870. The maximum Gasteiger partial charge on any atom is 0.0808 e. The van der Waals surface area contributed by atoms with Crippen molar-refractivity contribution in [2.45, 2.75) is 58.7 Å². The molecule has 0 aliphatic heterocycles. The maximum atomic E-state index is 6.25. The molecule has 0 spiro atoms. The molecule has 0 heterocycles. The second-order valence-corrected chi connectivity index (χ2v) is 6.74. The fraction of sp³-hybridized carbons (Fsp3) is 0.667. The smallest absolute Gasteiger partial charge is 0.0808 e. The van der Waals surface area contributed by atoms with E-state index in [2.05, 4.69) is 45.0 Å². The van der Waals surface area contributed by atoms with Gasteiger partial charge in [0.05, 0.1) is 12.2 Å². The van der Waals surface area contributed by atoms with Crippen LogP contribution < -0.4 is 5.73 Å². The molecule has 1 aliphatic carbocycles. The third-order valence-corrected chi connectivity index (χ3v) is 4.92. The minimum Gasteiger partial charge on any atom is -0.369 e. The van der Waals surface area contributed by atoms with Gasteiger partial charge in [0.2, 0.25) is 0 Å². The SMILES string of the molecule is Cc1ccc(COC2(CN)CCC(C(C)C)CC2)cc1. The lowest BCUT2D eigenvalue weighted by molar-refractivity contribution is -0.0840. The first-order valence-corrected chi connectivity index (χ1v) is 7.94. The van der Waals surface area contributed by atoms with Crippen LogP contribution in [0.5, 0.6) is 0 Å². The van der Waals surface area contributed by atoms with Crippen LogP contribution in [0, 0.1) is 18.8 Å². The topological polar surface area (TPSA) is 35.2 Å². The monoisotopic (exact) mass is 275 g/mol. The van der Waals surface area contributed by atoms with Crippen molar-refractivity contribution in [3.63, 3.8) is 0 Å². The van der Waals surface area contributed by atoms with Crippen molar-refractivity contribution in [2.24, 2.45) is 17.6 Å². The molecular formula is C18H29NO. The first-order valence-electron chi connectivity index (χ1n) is 7.94. The molecule has 0 aromatic heterocycles. The number of ether oxygens (including phenoxy) is 1. The van der Waals surface area contributed by atoms with Crippen LogP contribution in [0.15, 0.2) is 24.3 Å². The largest absolute Gasteiger partial charge is 0.369 e. The highest BCUT2D eigenvalue weighted by atomic mass is 16.5. The Morgan fingerprint density at radius 3 is 2.30 bits per heavy atom. The van der Waals surface area contributed by atoms with Crippen molar-refractivity contribution < 1.29 is 4.74 Å². The van der Waals surface area contributed by atoms with Crippen LogP contribution in [0.25, 0.3) is 0 Å². The van der Waals surface area contributed by atoms with Gasteiger partial charge in [-0.15, -0.1) is 0 Å². The van der Waals surface area contributed by atoms with Crippen molar-refractivity contribution in [3.8, 4) is 0 Å². The second kappa shape index (κ2) is 6.73. The molecule has 0 saturated heterocycles. The van der Waals surface area contributed by atoms with Gasteiger partial charge < -0.3 is 10.5 Å². The van der Waals surface area contributed by atoms with Gasteiger partial charge in [-0.3, -0.25) is 0 Å². The Morgan fingerprint density at radius 2 is 1.80 bits per heavy atom. The summed E-state index contributed by atoms with van der Waals surface area (Å²) in [5.74, 6) is 1.63. The summed E-state index contributed by atoms with van der Waals surface area (Å²) in [5.41, 5.74) is 8.47. The van der Waals surface area contributed by atoms with Crippen LogP contribution in [0.2, 0.25) is 0 Å². The zero-order chi connectivity index (χ0) is 14.6. The van der Waals surface area contributed by atoms with Crippen LogP contribution in [-0.2, 0) is 11.3 Å². The molecule has 0 atom stereocenters. The number of rotatable bonds is 5. The van der Waals surface area contributed by atoms with Gasteiger partial charge in [-0.1, -0.05) is 43.7 Å². The van der Waals surface area contributed by atoms with E-state index in [-0.39, 0.29) is 5.60 Å². The fourth-order valence-electron chi connectivity index (χ4n) is 3.16. The van der Waals surface area contributed by atoms with E-state index in [4.69, 9.17) is 10.5 Å². The molecule has 2 nitrogen and oxygen atoms in total. The van der Waals surface area contributed by atoms with E-state index in [1.165, 1.54) is 24.0 Å². The molecule has 0 amide bonds. The highest BCUT2D eigenvalue weighted by Crippen LogP contribution is 2.38. The molecule has 112 valence electrons. The van der Waals surface area contributed by atoms with Gasteiger partial charge in [-0.2, -0.15) is 0 Å². The lowest BCUT2D eigenvalue weighted by Crippen LogP contribution is -2.44. The Morgan fingerprint density at radius 1 is 1.20 bits per heavy atom. The van der Waals surface area contributed by atoms with Gasteiger partial charge in [0, 0.05) is 6.54 Å². The van der Waals surface area contributed by atoms with E-state index in [1.807, 2.05) is 0 Å². The molecule has 1 aromatic rings. The van der Waals surface area contributed by atoms with E-state index in [0.29, 0.717) is 13.2 Å². The van der Waals surface area contributed by atoms with Crippen molar-refractivity contribution in [2.75, 3.05) is 6.54 Å². The van der Waals surface area contributed by atoms with Crippen LogP contribution >= 0.6 is 0 Å². The van der Waals surface area contributed by atoms with Gasteiger partial charge in [-0.05, 0) is 50.0 Å². The number of benzene rings is 1. The van der Waals surface area contributed by atoms with Gasteiger partial charge in [-0.25, -0.2) is 0 Å². The molecule has 2 rings (SSSR count). The predicted octanol–water partition coefficient (Wildman–Crippen LogP) is 4.06. The standard InChI is InChI=1S/C18H29NO/c1-14(2)17-8-10-18(13-19,11-9-17)20-12-16-6-4-15(3)5-7-16/h4-7,14,17H,8-13,19H2,1-3H3. The molecule has 0 radical (unpaired) electrons. The molecule has 1 aromatic carbocycles. The number of hydrogen-bond donors (Lipinski definition) is 1. The quantitative estimate of drug-likeness (QED) is 0.879.